The third-order valence-electron chi connectivity index (χ3n) is 3.39. The Morgan fingerprint density at radius 3 is 2.61 bits per heavy atom. The number of pyridine rings is 1. The van der Waals surface area contributed by atoms with Gasteiger partial charge in [-0.2, -0.15) is 0 Å². The number of rotatable bonds is 2. The van der Waals surface area contributed by atoms with E-state index in [1.54, 1.807) is 12.7 Å². The standard InChI is InChI=1S/C14H16N4/c1-11-13(12-5-3-2-4-6-12)7-8-14(17-11)18-9-15-16-10-18/h5,7-10H,2-4,6H2,1H3. The molecule has 0 atom stereocenters. The molecular weight excluding hydrogens is 224 g/mol. The first-order valence-corrected chi connectivity index (χ1v) is 6.36. The van der Waals surface area contributed by atoms with Crippen LogP contribution in [0.2, 0.25) is 0 Å². The van der Waals surface area contributed by atoms with Crippen LogP contribution in [0.1, 0.15) is 36.9 Å². The lowest BCUT2D eigenvalue weighted by Crippen LogP contribution is -2.01. The summed E-state index contributed by atoms with van der Waals surface area (Å²) in [5, 5.41) is 7.60. The summed E-state index contributed by atoms with van der Waals surface area (Å²) in [5.41, 5.74) is 3.81. The van der Waals surface area contributed by atoms with E-state index in [0.717, 1.165) is 11.5 Å². The van der Waals surface area contributed by atoms with E-state index < -0.39 is 0 Å². The van der Waals surface area contributed by atoms with Crippen molar-refractivity contribution < 1.29 is 0 Å². The normalized spacial score (nSPS) is 15.5. The van der Waals surface area contributed by atoms with E-state index in [4.69, 9.17) is 0 Å². The Labute approximate surface area is 106 Å². The molecule has 0 saturated heterocycles. The van der Waals surface area contributed by atoms with E-state index in [-0.39, 0.29) is 0 Å². The maximum absolute atomic E-state index is 4.63. The Kier molecular flexibility index (Phi) is 2.92. The van der Waals surface area contributed by atoms with Gasteiger partial charge in [0.25, 0.3) is 0 Å². The fourth-order valence-electron chi connectivity index (χ4n) is 2.43. The molecule has 0 radical (unpaired) electrons. The van der Waals surface area contributed by atoms with Crippen molar-refractivity contribution >= 4 is 5.57 Å². The van der Waals surface area contributed by atoms with Crippen LogP contribution >= 0.6 is 0 Å². The lowest BCUT2D eigenvalue weighted by molar-refractivity contribution is 0.741. The van der Waals surface area contributed by atoms with E-state index in [2.05, 4.69) is 34.2 Å². The average molecular weight is 240 g/mol. The van der Waals surface area contributed by atoms with Crippen LogP contribution < -0.4 is 0 Å². The minimum Gasteiger partial charge on any atom is -0.272 e. The molecule has 4 heteroatoms. The van der Waals surface area contributed by atoms with Crippen molar-refractivity contribution in [3.8, 4) is 5.82 Å². The molecule has 0 spiro atoms. The second-order valence-electron chi connectivity index (χ2n) is 4.65. The summed E-state index contributed by atoms with van der Waals surface area (Å²) in [6.07, 6.45) is 10.7. The summed E-state index contributed by atoms with van der Waals surface area (Å²) in [6.45, 7) is 2.07. The maximum atomic E-state index is 4.63. The third kappa shape index (κ3) is 2.06. The molecule has 18 heavy (non-hydrogen) atoms. The van der Waals surface area contributed by atoms with Crippen LogP contribution in [0, 0.1) is 6.92 Å². The van der Waals surface area contributed by atoms with Crippen LogP contribution in [-0.2, 0) is 0 Å². The lowest BCUT2D eigenvalue weighted by atomic mass is 9.93. The molecule has 0 unspecified atom stereocenters. The topological polar surface area (TPSA) is 43.6 Å². The van der Waals surface area contributed by atoms with Crippen LogP contribution in [0.25, 0.3) is 11.4 Å². The Bertz CT molecular complexity index is 569. The minimum atomic E-state index is 0.873. The van der Waals surface area contributed by atoms with Gasteiger partial charge < -0.3 is 0 Å². The zero-order valence-corrected chi connectivity index (χ0v) is 10.5. The van der Waals surface area contributed by atoms with Gasteiger partial charge in [0.2, 0.25) is 0 Å². The maximum Gasteiger partial charge on any atom is 0.139 e. The summed E-state index contributed by atoms with van der Waals surface area (Å²) < 4.78 is 1.83. The average Bonchev–Trinajstić information content (AvgIpc) is 2.93. The second kappa shape index (κ2) is 4.72. The Morgan fingerprint density at radius 1 is 1.11 bits per heavy atom. The molecule has 2 heterocycles. The molecular formula is C14H16N4. The van der Waals surface area contributed by atoms with Gasteiger partial charge in [-0.1, -0.05) is 6.08 Å². The zero-order valence-electron chi connectivity index (χ0n) is 10.5. The summed E-state index contributed by atoms with van der Waals surface area (Å²) in [7, 11) is 0. The van der Waals surface area contributed by atoms with Crippen molar-refractivity contribution in [2.24, 2.45) is 0 Å². The first-order valence-electron chi connectivity index (χ1n) is 6.36. The largest absolute Gasteiger partial charge is 0.272 e. The molecule has 0 amide bonds. The highest BCUT2D eigenvalue weighted by molar-refractivity contribution is 5.68. The van der Waals surface area contributed by atoms with Gasteiger partial charge in [0.1, 0.15) is 18.5 Å². The van der Waals surface area contributed by atoms with Gasteiger partial charge in [-0.05, 0) is 55.9 Å². The number of hydrogen-bond acceptors (Lipinski definition) is 3. The van der Waals surface area contributed by atoms with Gasteiger partial charge in [0.05, 0.1) is 0 Å². The number of hydrogen-bond donors (Lipinski definition) is 0. The predicted molar refractivity (Wildman–Crippen MR) is 70.3 cm³/mol. The summed E-state index contributed by atoms with van der Waals surface area (Å²) in [5.74, 6) is 0.873. The molecule has 92 valence electrons. The van der Waals surface area contributed by atoms with E-state index in [1.807, 2.05) is 10.6 Å². The molecule has 0 aliphatic heterocycles. The highest BCUT2D eigenvalue weighted by Crippen LogP contribution is 2.28. The summed E-state index contributed by atoms with van der Waals surface area (Å²) in [6, 6.07) is 4.19. The molecule has 0 fully saturated rings. The van der Waals surface area contributed by atoms with E-state index in [0.29, 0.717) is 0 Å². The molecule has 1 aliphatic carbocycles. The highest BCUT2D eigenvalue weighted by Gasteiger charge is 2.10. The summed E-state index contributed by atoms with van der Waals surface area (Å²) >= 11 is 0. The SMILES string of the molecule is Cc1nc(-n2cnnc2)ccc1C1=CCCCC1. The molecule has 2 aromatic heterocycles. The number of nitrogens with zero attached hydrogens (tertiary/aromatic N) is 4. The van der Waals surface area contributed by atoms with Crippen LogP contribution in [0.4, 0.5) is 0 Å². The van der Waals surface area contributed by atoms with E-state index in [9.17, 15) is 0 Å². The molecule has 3 rings (SSSR count). The monoisotopic (exact) mass is 240 g/mol. The molecule has 1 aliphatic rings. The highest BCUT2D eigenvalue weighted by atomic mass is 15.2. The Morgan fingerprint density at radius 2 is 1.94 bits per heavy atom. The van der Waals surface area contributed by atoms with Crippen LogP contribution in [-0.4, -0.2) is 19.7 Å². The van der Waals surface area contributed by atoms with Crippen LogP contribution in [0.5, 0.6) is 0 Å². The third-order valence-corrected chi connectivity index (χ3v) is 3.39. The molecule has 0 aromatic carbocycles. The fourth-order valence-corrected chi connectivity index (χ4v) is 2.43. The van der Waals surface area contributed by atoms with Crippen molar-refractivity contribution in [3.63, 3.8) is 0 Å². The van der Waals surface area contributed by atoms with Gasteiger partial charge in [-0.15, -0.1) is 10.2 Å². The minimum absolute atomic E-state index is 0.873. The molecule has 0 saturated carbocycles. The number of aromatic nitrogens is 4. The molecule has 2 aromatic rings. The van der Waals surface area contributed by atoms with Crippen molar-refractivity contribution in [1.82, 2.24) is 19.7 Å². The van der Waals surface area contributed by atoms with E-state index in [1.165, 1.54) is 36.8 Å². The van der Waals surface area contributed by atoms with Crippen LogP contribution in [0.3, 0.4) is 0 Å². The predicted octanol–water partition coefficient (Wildman–Crippen LogP) is 2.93. The molecule has 0 bridgehead atoms. The number of allylic oxidation sites excluding steroid dienone is 2. The summed E-state index contributed by atoms with van der Waals surface area (Å²) in [4.78, 5) is 4.63. The quantitative estimate of drug-likeness (QED) is 0.810. The van der Waals surface area contributed by atoms with E-state index >= 15 is 0 Å². The molecule has 0 N–H and O–H groups in total. The number of aryl methyl sites for hydroxylation is 1. The van der Waals surface area contributed by atoms with Gasteiger partial charge in [0.15, 0.2) is 0 Å². The van der Waals surface area contributed by atoms with Crippen LogP contribution in [0.15, 0.2) is 30.9 Å². The first kappa shape index (κ1) is 11.1. The molecule has 4 nitrogen and oxygen atoms in total. The fraction of sp³-hybridized carbons (Fsp3) is 0.357. The Hall–Kier alpha value is -1.97. The van der Waals surface area contributed by atoms with Gasteiger partial charge in [-0.3, -0.25) is 4.57 Å². The van der Waals surface area contributed by atoms with Crippen molar-refractivity contribution in [3.05, 3.63) is 42.1 Å². The Balaban J connectivity index is 1.96. The smallest absolute Gasteiger partial charge is 0.139 e. The zero-order chi connectivity index (χ0) is 12.4. The first-order chi connectivity index (χ1) is 8.84. The second-order valence-corrected chi connectivity index (χ2v) is 4.65. The van der Waals surface area contributed by atoms with Crippen molar-refractivity contribution in [2.45, 2.75) is 32.6 Å². The van der Waals surface area contributed by atoms with Crippen molar-refractivity contribution in [2.75, 3.05) is 0 Å². The van der Waals surface area contributed by atoms with Gasteiger partial charge >= 0.3 is 0 Å². The van der Waals surface area contributed by atoms with Gasteiger partial charge in [-0.25, -0.2) is 4.98 Å². The lowest BCUT2D eigenvalue weighted by Gasteiger charge is -2.15. The van der Waals surface area contributed by atoms with Gasteiger partial charge in [0, 0.05) is 5.69 Å². The van der Waals surface area contributed by atoms with Crippen molar-refractivity contribution in [1.29, 1.82) is 0 Å².